The SMILES string of the molecule is Cc1ccccc1C(C(=O)NC(C)(C)C)N(C(=O)C(NC(=O)OC(C)(C)C)C(C)C)C1CC1. The van der Waals surface area contributed by atoms with Crippen molar-refractivity contribution in [2.45, 2.75) is 104 Å². The molecule has 1 fully saturated rings. The Labute approximate surface area is 198 Å². The minimum absolute atomic E-state index is 0.0467. The Morgan fingerprint density at radius 1 is 1.03 bits per heavy atom. The number of nitrogens with one attached hydrogen (secondary N) is 2. The normalized spacial score (nSPS) is 16.1. The molecule has 0 spiro atoms. The van der Waals surface area contributed by atoms with Gasteiger partial charge in [-0.25, -0.2) is 4.79 Å². The van der Waals surface area contributed by atoms with Crippen LogP contribution in [-0.4, -0.2) is 46.0 Å². The molecular formula is C26H41N3O4. The lowest BCUT2D eigenvalue weighted by molar-refractivity contribution is -0.144. The van der Waals surface area contributed by atoms with E-state index in [0.717, 1.165) is 24.0 Å². The second-order valence-electron chi connectivity index (χ2n) is 11.3. The van der Waals surface area contributed by atoms with Crippen LogP contribution in [0.2, 0.25) is 0 Å². The summed E-state index contributed by atoms with van der Waals surface area (Å²) in [5.74, 6) is -0.679. The van der Waals surface area contributed by atoms with Crippen molar-refractivity contribution in [2.75, 3.05) is 0 Å². The van der Waals surface area contributed by atoms with Gasteiger partial charge in [-0.05, 0) is 78.4 Å². The molecule has 2 N–H and O–H groups in total. The number of hydrogen-bond donors (Lipinski definition) is 2. The summed E-state index contributed by atoms with van der Waals surface area (Å²) in [4.78, 5) is 41.7. The highest BCUT2D eigenvalue weighted by molar-refractivity contribution is 5.93. The molecule has 0 bridgehead atoms. The van der Waals surface area contributed by atoms with E-state index in [0.29, 0.717) is 0 Å². The first kappa shape index (κ1) is 26.7. The number of ether oxygens (including phenoxy) is 1. The van der Waals surface area contributed by atoms with E-state index in [1.54, 1.807) is 25.7 Å². The Bertz CT molecular complexity index is 863. The lowest BCUT2D eigenvalue weighted by atomic mass is 9.95. The van der Waals surface area contributed by atoms with Crippen molar-refractivity contribution in [1.29, 1.82) is 0 Å². The second kappa shape index (κ2) is 10.1. The quantitative estimate of drug-likeness (QED) is 0.629. The molecule has 33 heavy (non-hydrogen) atoms. The summed E-state index contributed by atoms with van der Waals surface area (Å²) in [5, 5.41) is 5.82. The van der Waals surface area contributed by atoms with Gasteiger partial charge in [-0.1, -0.05) is 38.1 Å². The standard InChI is InChI=1S/C26H41N3O4/c1-16(2)20(27-24(32)33-26(7,8)9)23(31)29(18-14-15-18)21(22(30)28-25(4,5)6)19-13-11-10-12-17(19)3/h10-13,16,18,20-21H,14-15H2,1-9H3,(H,27,32)(H,28,30). The maximum atomic E-state index is 13.9. The fourth-order valence-corrected chi connectivity index (χ4v) is 3.73. The average Bonchev–Trinajstić information content (AvgIpc) is 3.46. The van der Waals surface area contributed by atoms with E-state index < -0.39 is 29.3 Å². The molecule has 0 saturated heterocycles. The van der Waals surface area contributed by atoms with Crippen molar-refractivity contribution in [3.8, 4) is 0 Å². The third kappa shape index (κ3) is 7.76. The average molecular weight is 460 g/mol. The number of benzene rings is 1. The number of rotatable bonds is 7. The van der Waals surface area contributed by atoms with E-state index in [4.69, 9.17) is 4.74 Å². The van der Waals surface area contributed by atoms with E-state index in [9.17, 15) is 14.4 Å². The van der Waals surface area contributed by atoms with Gasteiger partial charge in [0.1, 0.15) is 17.7 Å². The molecule has 1 aliphatic rings. The zero-order valence-electron chi connectivity index (χ0n) is 21.6. The number of nitrogens with zero attached hydrogens (tertiary/aromatic N) is 1. The van der Waals surface area contributed by atoms with Gasteiger partial charge >= 0.3 is 6.09 Å². The summed E-state index contributed by atoms with van der Waals surface area (Å²) in [6.07, 6.45) is 1.01. The van der Waals surface area contributed by atoms with Crippen LogP contribution in [0.5, 0.6) is 0 Å². The predicted octanol–water partition coefficient (Wildman–Crippen LogP) is 4.49. The molecule has 7 heteroatoms. The number of aryl methyl sites for hydroxylation is 1. The Balaban J connectivity index is 2.46. The molecule has 1 aromatic carbocycles. The third-order valence-corrected chi connectivity index (χ3v) is 5.31. The number of carbonyl (C=O) groups excluding carboxylic acids is 3. The van der Waals surface area contributed by atoms with Gasteiger partial charge in [0, 0.05) is 11.6 Å². The maximum Gasteiger partial charge on any atom is 0.408 e. The largest absolute Gasteiger partial charge is 0.444 e. The van der Waals surface area contributed by atoms with Gasteiger partial charge < -0.3 is 20.3 Å². The number of carbonyl (C=O) groups is 3. The smallest absolute Gasteiger partial charge is 0.408 e. The number of amides is 3. The van der Waals surface area contributed by atoms with E-state index in [2.05, 4.69) is 10.6 Å². The molecule has 7 nitrogen and oxygen atoms in total. The first-order chi connectivity index (χ1) is 15.1. The van der Waals surface area contributed by atoms with Gasteiger partial charge in [0.2, 0.25) is 11.8 Å². The summed E-state index contributed by atoms with van der Waals surface area (Å²) < 4.78 is 5.40. The Hall–Kier alpha value is -2.57. The molecule has 0 heterocycles. The maximum absolute atomic E-state index is 13.9. The van der Waals surface area contributed by atoms with Crippen LogP contribution in [0.4, 0.5) is 4.79 Å². The summed E-state index contributed by atoms with van der Waals surface area (Å²) in [5.41, 5.74) is 0.592. The van der Waals surface area contributed by atoms with Crippen LogP contribution in [0.3, 0.4) is 0 Å². The van der Waals surface area contributed by atoms with Crippen LogP contribution in [-0.2, 0) is 14.3 Å². The van der Waals surface area contributed by atoms with Crippen LogP contribution in [0.25, 0.3) is 0 Å². The lowest BCUT2D eigenvalue weighted by Crippen LogP contribution is -2.56. The van der Waals surface area contributed by atoms with E-state index in [1.165, 1.54) is 0 Å². The molecule has 0 aliphatic heterocycles. The molecule has 1 aliphatic carbocycles. The third-order valence-electron chi connectivity index (χ3n) is 5.31. The first-order valence-electron chi connectivity index (χ1n) is 11.8. The van der Waals surface area contributed by atoms with Gasteiger partial charge in [-0.15, -0.1) is 0 Å². The minimum atomic E-state index is -0.811. The van der Waals surface area contributed by atoms with Crippen LogP contribution in [0.1, 0.15) is 85.4 Å². The van der Waals surface area contributed by atoms with Gasteiger partial charge in [0.25, 0.3) is 0 Å². The van der Waals surface area contributed by atoms with Gasteiger partial charge in [0.15, 0.2) is 0 Å². The van der Waals surface area contributed by atoms with E-state index in [1.807, 2.05) is 65.8 Å². The van der Waals surface area contributed by atoms with Crippen molar-refractivity contribution in [3.63, 3.8) is 0 Å². The van der Waals surface area contributed by atoms with Crippen LogP contribution >= 0.6 is 0 Å². The van der Waals surface area contributed by atoms with Crippen molar-refractivity contribution in [2.24, 2.45) is 5.92 Å². The lowest BCUT2D eigenvalue weighted by Gasteiger charge is -2.37. The molecule has 0 aromatic heterocycles. The Morgan fingerprint density at radius 3 is 2.06 bits per heavy atom. The second-order valence-corrected chi connectivity index (χ2v) is 11.3. The fraction of sp³-hybridized carbons (Fsp3) is 0.654. The highest BCUT2D eigenvalue weighted by Gasteiger charge is 2.45. The molecule has 1 saturated carbocycles. The Morgan fingerprint density at radius 2 is 1.61 bits per heavy atom. The van der Waals surface area contributed by atoms with Gasteiger partial charge in [0.05, 0.1) is 0 Å². The number of alkyl carbamates (subject to hydrolysis) is 1. The van der Waals surface area contributed by atoms with E-state index >= 15 is 0 Å². The Kier molecular flexibility index (Phi) is 8.20. The zero-order chi connectivity index (χ0) is 25.1. The molecule has 1 aromatic rings. The predicted molar refractivity (Wildman–Crippen MR) is 130 cm³/mol. The summed E-state index contributed by atoms with van der Waals surface area (Å²) in [6, 6.07) is 6.00. The van der Waals surface area contributed by atoms with Gasteiger partial charge in [-0.2, -0.15) is 0 Å². The van der Waals surface area contributed by atoms with Gasteiger partial charge in [-0.3, -0.25) is 9.59 Å². The topological polar surface area (TPSA) is 87.7 Å². The van der Waals surface area contributed by atoms with Crippen molar-refractivity contribution in [3.05, 3.63) is 35.4 Å². The van der Waals surface area contributed by atoms with E-state index in [-0.39, 0.29) is 23.8 Å². The molecule has 2 rings (SSSR count). The summed E-state index contributed by atoms with van der Waals surface area (Å²) in [6.45, 7) is 16.8. The minimum Gasteiger partial charge on any atom is -0.444 e. The highest BCUT2D eigenvalue weighted by Crippen LogP contribution is 2.37. The van der Waals surface area contributed by atoms with Crippen molar-refractivity contribution in [1.82, 2.24) is 15.5 Å². The summed E-state index contributed by atoms with van der Waals surface area (Å²) in [7, 11) is 0. The monoisotopic (exact) mass is 459 g/mol. The summed E-state index contributed by atoms with van der Waals surface area (Å²) >= 11 is 0. The zero-order valence-corrected chi connectivity index (χ0v) is 21.6. The van der Waals surface area contributed by atoms with Crippen LogP contribution in [0, 0.1) is 12.8 Å². The van der Waals surface area contributed by atoms with Crippen molar-refractivity contribution >= 4 is 17.9 Å². The van der Waals surface area contributed by atoms with Crippen LogP contribution in [0.15, 0.2) is 24.3 Å². The molecule has 2 atom stereocenters. The van der Waals surface area contributed by atoms with Crippen molar-refractivity contribution < 1.29 is 19.1 Å². The molecule has 0 radical (unpaired) electrons. The van der Waals surface area contributed by atoms with Crippen LogP contribution < -0.4 is 10.6 Å². The molecular weight excluding hydrogens is 418 g/mol. The highest BCUT2D eigenvalue weighted by atomic mass is 16.6. The molecule has 3 amide bonds. The molecule has 2 unspecified atom stereocenters. The number of hydrogen-bond acceptors (Lipinski definition) is 4. The molecule has 184 valence electrons. The fourth-order valence-electron chi connectivity index (χ4n) is 3.73. The first-order valence-corrected chi connectivity index (χ1v) is 11.8.